The first-order chi connectivity index (χ1) is 27.6. The zero-order chi connectivity index (χ0) is 38.2. The zero-order valence-electron chi connectivity index (χ0n) is 32.3. The van der Waals surface area contributed by atoms with E-state index in [1.165, 1.54) is 0 Å². The number of rotatable bonds is 17. The van der Waals surface area contributed by atoms with E-state index in [4.69, 9.17) is 24.0 Å². The SMILES string of the molecule is CCC1(COCc2ccc(N(c3ccccc3)c3ccc(-c4ccc(N(c5ccccc5)c5ccc(OOCC6(CC)COC6)cc5)cc4)cc3)cc2)COC1. The lowest BCUT2D eigenvalue weighted by atomic mass is 9.84. The van der Waals surface area contributed by atoms with Crippen LogP contribution in [0.4, 0.5) is 34.1 Å². The number of benzene rings is 6. The minimum absolute atomic E-state index is 0.0634. The standard InChI is InChI=1S/C49H50N2O5/c1-3-48(33-53-34-48)32-52-31-38-15-21-43(22-16-38)50(41-11-7-5-8-12-41)44-23-17-39(18-24-44)40-19-25-45(26-20-40)51(42-13-9-6-10-14-42)46-27-29-47(30-28-46)56-55-37-49(4-2)35-54-36-49/h5-30H,3-4,31-37H2,1-2H3. The molecule has 0 amide bonds. The maximum Gasteiger partial charge on any atom is 0.165 e. The Balaban J connectivity index is 0.973. The van der Waals surface area contributed by atoms with Crippen molar-refractivity contribution in [1.29, 1.82) is 0 Å². The topological polar surface area (TPSA) is 52.6 Å². The maximum atomic E-state index is 6.13. The fourth-order valence-corrected chi connectivity index (χ4v) is 7.21. The van der Waals surface area contributed by atoms with Gasteiger partial charge in [0, 0.05) is 45.0 Å². The fourth-order valence-electron chi connectivity index (χ4n) is 7.21. The first kappa shape index (κ1) is 37.5. The van der Waals surface area contributed by atoms with Crippen LogP contribution in [0.25, 0.3) is 11.1 Å². The van der Waals surface area contributed by atoms with Crippen molar-refractivity contribution in [2.45, 2.75) is 33.3 Å². The van der Waals surface area contributed by atoms with E-state index < -0.39 is 0 Å². The van der Waals surface area contributed by atoms with Crippen molar-refractivity contribution < 1.29 is 24.0 Å². The van der Waals surface area contributed by atoms with Crippen LogP contribution in [0.15, 0.2) is 158 Å². The zero-order valence-corrected chi connectivity index (χ0v) is 32.3. The molecule has 0 unspecified atom stereocenters. The van der Waals surface area contributed by atoms with Crippen LogP contribution in [-0.2, 0) is 25.7 Å². The van der Waals surface area contributed by atoms with Crippen molar-refractivity contribution in [3.8, 4) is 16.9 Å². The van der Waals surface area contributed by atoms with Gasteiger partial charge in [0.25, 0.3) is 0 Å². The molecule has 2 fully saturated rings. The summed E-state index contributed by atoms with van der Waals surface area (Å²) in [5, 5.41) is 0. The smallest absolute Gasteiger partial charge is 0.165 e. The van der Waals surface area contributed by atoms with Gasteiger partial charge in [-0.25, -0.2) is 0 Å². The highest BCUT2D eigenvalue weighted by Crippen LogP contribution is 2.39. The molecule has 6 aromatic rings. The molecule has 286 valence electrons. The highest BCUT2D eigenvalue weighted by atomic mass is 17.2. The van der Waals surface area contributed by atoms with E-state index in [0.717, 1.165) is 96.7 Å². The van der Waals surface area contributed by atoms with E-state index in [1.54, 1.807) is 0 Å². The predicted molar refractivity (Wildman–Crippen MR) is 225 cm³/mol. The Hall–Kier alpha value is -5.44. The molecule has 8 rings (SSSR count). The molecule has 2 aliphatic heterocycles. The molecule has 0 N–H and O–H groups in total. The van der Waals surface area contributed by atoms with Gasteiger partial charge in [-0.1, -0.05) is 86.6 Å². The van der Waals surface area contributed by atoms with E-state index in [9.17, 15) is 0 Å². The Morgan fingerprint density at radius 3 is 1.27 bits per heavy atom. The van der Waals surface area contributed by atoms with Crippen molar-refractivity contribution in [2.24, 2.45) is 10.8 Å². The molecule has 7 nitrogen and oxygen atoms in total. The van der Waals surface area contributed by atoms with Crippen LogP contribution in [0.1, 0.15) is 32.3 Å². The monoisotopic (exact) mass is 746 g/mol. The van der Waals surface area contributed by atoms with Gasteiger partial charge >= 0.3 is 0 Å². The van der Waals surface area contributed by atoms with E-state index in [2.05, 4.69) is 163 Å². The van der Waals surface area contributed by atoms with Crippen molar-refractivity contribution >= 4 is 34.1 Å². The van der Waals surface area contributed by atoms with Crippen LogP contribution in [-0.4, -0.2) is 39.6 Å². The van der Waals surface area contributed by atoms with Crippen molar-refractivity contribution in [2.75, 3.05) is 49.4 Å². The van der Waals surface area contributed by atoms with Crippen molar-refractivity contribution in [3.05, 3.63) is 163 Å². The van der Waals surface area contributed by atoms with Gasteiger partial charge in [-0.05, 0) is 114 Å². The third kappa shape index (κ3) is 8.37. The summed E-state index contributed by atoms with van der Waals surface area (Å²) in [7, 11) is 0. The quantitative estimate of drug-likeness (QED) is 0.0680. The van der Waals surface area contributed by atoms with Gasteiger partial charge in [0.05, 0.1) is 39.6 Å². The molecule has 56 heavy (non-hydrogen) atoms. The molecule has 0 atom stereocenters. The molecule has 6 aromatic carbocycles. The van der Waals surface area contributed by atoms with E-state index >= 15 is 0 Å². The summed E-state index contributed by atoms with van der Waals surface area (Å²) in [5.41, 5.74) is 10.1. The molecule has 0 radical (unpaired) electrons. The number of hydrogen-bond donors (Lipinski definition) is 0. The summed E-state index contributed by atoms with van der Waals surface area (Å²) in [5.74, 6) is 0.667. The van der Waals surface area contributed by atoms with Gasteiger partial charge in [0.2, 0.25) is 0 Å². The molecule has 0 bridgehead atoms. The second-order valence-corrected chi connectivity index (χ2v) is 15.1. The Morgan fingerprint density at radius 1 is 0.464 bits per heavy atom. The van der Waals surface area contributed by atoms with Gasteiger partial charge < -0.3 is 28.9 Å². The maximum absolute atomic E-state index is 6.13. The van der Waals surface area contributed by atoms with E-state index in [0.29, 0.717) is 19.0 Å². The van der Waals surface area contributed by atoms with Gasteiger partial charge in [-0.2, -0.15) is 4.89 Å². The fraction of sp³-hybridized carbons (Fsp3) is 0.265. The Kier molecular flexibility index (Phi) is 11.5. The lowest BCUT2D eigenvalue weighted by Crippen LogP contribution is -2.46. The molecule has 0 aromatic heterocycles. The second-order valence-electron chi connectivity index (χ2n) is 15.1. The first-order valence-electron chi connectivity index (χ1n) is 19.7. The highest BCUT2D eigenvalue weighted by molar-refractivity contribution is 5.80. The summed E-state index contributed by atoms with van der Waals surface area (Å²) in [6.45, 7) is 9.25. The molecule has 7 heteroatoms. The molecule has 0 aliphatic carbocycles. The number of nitrogens with zero attached hydrogens (tertiary/aromatic N) is 2. The summed E-state index contributed by atoms with van der Waals surface area (Å²) in [6.07, 6.45) is 2.08. The van der Waals surface area contributed by atoms with Crippen LogP contribution in [0.5, 0.6) is 5.75 Å². The van der Waals surface area contributed by atoms with Crippen molar-refractivity contribution in [1.82, 2.24) is 0 Å². The van der Waals surface area contributed by atoms with Gasteiger partial charge in [0.15, 0.2) is 5.75 Å². The third-order valence-corrected chi connectivity index (χ3v) is 11.2. The second kappa shape index (κ2) is 17.1. The van der Waals surface area contributed by atoms with Crippen LogP contribution < -0.4 is 14.7 Å². The normalized spacial score (nSPS) is 15.3. The molecule has 2 saturated heterocycles. The summed E-state index contributed by atoms with van der Waals surface area (Å²) < 4.78 is 17.0. The summed E-state index contributed by atoms with van der Waals surface area (Å²) >= 11 is 0. The molecule has 0 saturated carbocycles. The average molecular weight is 747 g/mol. The van der Waals surface area contributed by atoms with Crippen LogP contribution >= 0.6 is 0 Å². The lowest BCUT2D eigenvalue weighted by molar-refractivity contribution is -0.264. The number of para-hydroxylation sites is 2. The van der Waals surface area contributed by atoms with E-state index in [-0.39, 0.29) is 10.8 Å². The van der Waals surface area contributed by atoms with Crippen LogP contribution in [0.2, 0.25) is 0 Å². The molecular weight excluding hydrogens is 697 g/mol. The minimum Gasteiger partial charge on any atom is -0.380 e. The molecular formula is C49H50N2O5. The lowest BCUT2D eigenvalue weighted by Gasteiger charge is -2.40. The average Bonchev–Trinajstić information content (AvgIpc) is 3.23. The van der Waals surface area contributed by atoms with Gasteiger partial charge in [-0.15, -0.1) is 0 Å². The molecule has 0 spiro atoms. The first-order valence-corrected chi connectivity index (χ1v) is 19.7. The van der Waals surface area contributed by atoms with Crippen molar-refractivity contribution in [3.63, 3.8) is 0 Å². The van der Waals surface area contributed by atoms with Crippen LogP contribution in [0, 0.1) is 10.8 Å². The van der Waals surface area contributed by atoms with Gasteiger partial charge in [0.1, 0.15) is 6.61 Å². The summed E-state index contributed by atoms with van der Waals surface area (Å²) in [6, 6.07) is 55.2. The van der Waals surface area contributed by atoms with E-state index in [1.807, 2.05) is 18.2 Å². The molecule has 2 heterocycles. The number of anilines is 6. The van der Waals surface area contributed by atoms with Gasteiger partial charge in [-0.3, -0.25) is 0 Å². The highest BCUT2D eigenvalue weighted by Gasteiger charge is 2.38. The Labute approximate surface area is 330 Å². The Bertz CT molecular complexity index is 1950. The Morgan fingerprint density at radius 2 is 0.857 bits per heavy atom. The minimum atomic E-state index is 0.0634. The molecule has 2 aliphatic rings. The number of ether oxygens (including phenoxy) is 3. The third-order valence-electron chi connectivity index (χ3n) is 11.2. The summed E-state index contributed by atoms with van der Waals surface area (Å²) in [4.78, 5) is 15.8. The largest absolute Gasteiger partial charge is 0.380 e. The predicted octanol–water partition coefficient (Wildman–Crippen LogP) is 12.0. The number of hydrogen-bond acceptors (Lipinski definition) is 7. The van der Waals surface area contributed by atoms with Crippen LogP contribution in [0.3, 0.4) is 0 Å².